The molecule has 116 valence electrons. The Labute approximate surface area is 134 Å². The number of nitrogens with two attached hydrogens (primary N) is 1. The van der Waals surface area contributed by atoms with Crippen LogP contribution in [0.3, 0.4) is 0 Å². The number of guanidine groups is 1. The summed E-state index contributed by atoms with van der Waals surface area (Å²) in [6.07, 6.45) is 0. The predicted octanol–water partition coefficient (Wildman–Crippen LogP) is 2.77. The van der Waals surface area contributed by atoms with Gasteiger partial charge in [-0.1, -0.05) is 36.2 Å². The van der Waals surface area contributed by atoms with Gasteiger partial charge in [0.1, 0.15) is 0 Å². The Morgan fingerprint density at radius 1 is 1.43 bits per heavy atom. The molecule has 0 bridgehead atoms. The molecule has 0 amide bonds. The smallest absolute Gasteiger partial charge is 0.310 e. The lowest BCUT2D eigenvalue weighted by Crippen LogP contribution is -2.34. The van der Waals surface area contributed by atoms with Crippen LogP contribution in [-0.4, -0.2) is 25.6 Å². The number of methoxy groups -OCH3 is 1. The third kappa shape index (κ3) is 5.44. The molecule has 0 saturated carbocycles. The molecule has 0 aliphatic rings. The molecule has 0 aliphatic heterocycles. The largest absolute Gasteiger partial charge is 0.469 e. The summed E-state index contributed by atoms with van der Waals surface area (Å²) in [5, 5.41) is 4.14. The van der Waals surface area contributed by atoms with E-state index in [0.717, 1.165) is 5.56 Å². The van der Waals surface area contributed by atoms with Crippen molar-refractivity contribution in [1.29, 1.82) is 0 Å². The Balaban J connectivity index is 2.65. The van der Waals surface area contributed by atoms with Gasteiger partial charge in [-0.15, -0.1) is 0 Å². The van der Waals surface area contributed by atoms with Crippen LogP contribution in [0, 0.1) is 5.92 Å². The quantitative estimate of drug-likeness (QED) is 0.494. The molecule has 5 nitrogen and oxygen atoms in total. The van der Waals surface area contributed by atoms with Gasteiger partial charge < -0.3 is 15.8 Å². The zero-order valence-electron chi connectivity index (χ0n) is 12.2. The molecule has 0 fully saturated rings. The summed E-state index contributed by atoms with van der Waals surface area (Å²) in [6.45, 7) is 3.88. The second-order valence-corrected chi connectivity index (χ2v) is 5.53. The minimum atomic E-state index is -0.343. The highest BCUT2D eigenvalue weighted by atomic mass is 35.5. The van der Waals surface area contributed by atoms with Gasteiger partial charge in [0.15, 0.2) is 5.96 Å². The first kappa shape index (κ1) is 17.6. The molecule has 0 heterocycles. The highest BCUT2D eigenvalue weighted by Crippen LogP contribution is 2.25. The van der Waals surface area contributed by atoms with Crippen molar-refractivity contribution < 1.29 is 9.53 Å². The molecule has 0 radical (unpaired) electrons. The lowest BCUT2D eigenvalue weighted by molar-refractivity contribution is -0.144. The maximum Gasteiger partial charge on any atom is 0.310 e. The Morgan fingerprint density at radius 2 is 2.10 bits per heavy atom. The number of nitrogens with one attached hydrogen (secondary N) is 1. The average Bonchev–Trinajstić information content (AvgIpc) is 2.43. The number of halogens is 2. The van der Waals surface area contributed by atoms with E-state index in [1.807, 2.05) is 13.0 Å². The Morgan fingerprint density at radius 3 is 2.67 bits per heavy atom. The first-order valence-electron chi connectivity index (χ1n) is 6.44. The van der Waals surface area contributed by atoms with Crippen molar-refractivity contribution in [2.75, 3.05) is 13.7 Å². The molecule has 1 rings (SSSR count). The SMILES string of the molecule is COC(=O)C(C)CN=C(N)NC(C)c1ccc(Cl)cc1Cl. The number of carbonyl (C=O) groups is 1. The number of rotatable bonds is 5. The van der Waals surface area contributed by atoms with E-state index in [1.54, 1.807) is 19.1 Å². The number of esters is 1. The fourth-order valence-electron chi connectivity index (χ4n) is 1.71. The maximum atomic E-state index is 11.3. The summed E-state index contributed by atoms with van der Waals surface area (Å²) in [5.74, 6) is -0.422. The number of benzene rings is 1. The lowest BCUT2D eigenvalue weighted by atomic mass is 10.1. The molecule has 2 atom stereocenters. The molecule has 21 heavy (non-hydrogen) atoms. The molecule has 7 heteroatoms. The van der Waals surface area contributed by atoms with Crippen molar-refractivity contribution in [2.45, 2.75) is 19.9 Å². The van der Waals surface area contributed by atoms with Crippen molar-refractivity contribution in [2.24, 2.45) is 16.6 Å². The van der Waals surface area contributed by atoms with E-state index in [1.165, 1.54) is 7.11 Å². The van der Waals surface area contributed by atoms with Gasteiger partial charge in [-0.05, 0) is 24.6 Å². The van der Waals surface area contributed by atoms with E-state index in [0.29, 0.717) is 10.0 Å². The molecule has 0 aromatic heterocycles. The van der Waals surface area contributed by atoms with Crippen LogP contribution in [-0.2, 0) is 9.53 Å². The fourth-order valence-corrected chi connectivity index (χ4v) is 2.28. The van der Waals surface area contributed by atoms with E-state index in [9.17, 15) is 4.79 Å². The van der Waals surface area contributed by atoms with Gasteiger partial charge in [-0.25, -0.2) is 0 Å². The topological polar surface area (TPSA) is 76.7 Å². The van der Waals surface area contributed by atoms with Crippen molar-refractivity contribution >= 4 is 35.1 Å². The summed E-state index contributed by atoms with van der Waals surface area (Å²) in [6, 6.07) is 5.12. The molecule has 1 aromatic rings. The van der Waals surface area contributed by atoms with Crippen molar-refractivity contribution in [3.05, 3.63) is 33.8 Å². The van der Waals surface area contributed by atoms with Crippen molar-refractivity contribution in [3.63, 3.8) is 0 Å². The monoisotopic (exact) mass is 331 g/mol. The van der Waals surface area contributed by atoms with Gasteiger partial charge in [-0.2, -0.15) is 0 Å². The lowest BCUT2D eigenvalue weighted by Gasteiger charge is -2.17. The van der Waals surface area contributed by atoms with Gasteiger partial charge in [0.2, 0.25) is 0 Å². The summed E-state index contributed by atoms with van der Waals surface area (Å²) in [5.41, 5.74) is 6.66. The van der Waals surface area contributed by atoms with Gasteiger partial charge in [-0.3, -0.25) is 9.79 Å². The number of hydrogen-bond donors (Lipinski definition) is 2. The summed E-state index contributed by atoms with van der Waals surface area (Å²) in [4.78, 5) is 15.4. The van der Waals surface area contributed by atoms with Crippen LogP contribution >= 0.6 is 23.2 Å². The van der Waals surface area contributed by atoms with Crippen LogP contribution in [0.5, 0.6) is 0 Å². The molecule has 0 saturated heterocycles. The van der Waals surface area contributed by atoms with Crippen molar-refractivity contribution in [3.8, 4) is 0 Å². The van der Waals surface area contributed by atoms with Crippen LogP contribution in [0.25, 0.3) is 0 Å². The molecular weight excluding hydrogens is 313 g/mol. The van der Waals surface area contributed by atoms with Crippen LogP contribution in [0.15, 0.2) is 23.2 Å². The normalized spacial score (nSPS) is 14.4. The average molecular weight is 332 g/mol. The van der Waals surface area contributed by atoms with E-state index in [4.69, 9.17) is 28.9 Å². The van der Waals surface area contributed by atoms with E-state index < -0.39 is 0 Å². The molecular formula is C14H19Cl2N3O2. The number of nitrogens with zero attached hydrogens (tertiary/aromatic N) is 1. The Bertz CT molecular complexity index is 535. The van der Waals surface area contributed by atoms with Crippen LogP contribution in [0.4, 0.5) is 0 Å². The first-order chi connectivity index (χ1) is 9.85. The standard InChI is InChI=1S/C14H19Cl2N3O2/c1-8(13(20)21-3)7-18-14(17)19-9(2)11-5-4-10(15)6-12(11)16/h4-6,8-9H,7H2,1-3H3,(H3,17,18,19). The van der Waals surface area contributed by atoms with Gasteiger partial charge >= 0.3 is 5.97 Å². The Hall–Kier alpha value is -1.46. The number of aliphatic imine (C=N–C) groups is 1. The van der Waals surface area contributed by atoms with E-state index >= 15 is 0 Å². The van der Waals surface area contributed by atoms with E-state index in [-0.39, 0.29) is 30.4 Å². The minimum Gasteiger partial charge on any atom is -0.469 e. The maximum absolute atomic E-state index is 11.3. The van der Waals surface area contributed by atoms with Crippen LogP contribution in [0.2, 0.25) is 10.0 Å². The van der Waals surface area contributed by atoms with Crippen LogP contribution < -0.4 is 11.1 Å². The molecule has 0 aliphatic carbocycles. The molecule has 0 spiro atoms. The zero-order valence-corrected chi connectivity index (χ0v) is 13.7. The number of ether oxygens (including phenoxy) is 1. The first-order valence-corrected chi connectivity index (χ1v) is 7.20. The highest BCUT2D eigenvalue weighted by Gasteiger charge is 2.13. The summed E-state index contributed by atoms with van der Waals surface area (Å²) in [7, 11) is 1.34. The summed E-state index contributed by atoms with van der Waals surface area (Å²) >= 11 is 12.0. The van der Waals surface area contributed by atoms with Crippen LogP contribution in [0.1, 0.15) is 25.5 Å². The zero-order chi connectivity index (χ0) is 16.0. The highest BCUT2D eigenvalue weighted by molar-refractivity contribution is 6.35. The predicted molar refractivity (Wildman–Crippen MR) is 85.7 cm³/mol. The minimum absolute atomic E-state index is 0.132. The third-order valence-corrected chi connectivity index (χ3v) is 3.49. The van der Waals surface area contributed by atoms with Crippen molar-refractivity contribution in [1.82, 2.24) is 5.32 Å². The second-order valence-electron chi connectivity index (χ2n) is 4.68. The third-order valence-electron chi connectivity index (χ3n) is 2.93. The molecule has 3 N–H and O–H groups in total. The number of carbonyl (C=O) groups excluding carboxylic acids is 1. The fraction of sp³-hybridized carbons (Fsp3) is 0.429. The van der Waals surface area contributed by atoms with E-state index in [2.05, 4.69) is 15.0 Å². The van der Waals surface area contributed by atoms with Gasteiger partial charge in [0.25, 0.3) is 0 Å². The number of hydrogen-bond acceptors (Lipinski definition) is 3. The molecule has 1 aromatic carbocycles. The Kier molecular flexibility index (Phi) is 6.78. The molecule has 2 unspecified atom stereocenters. The summed E-state index contributed by atoms with van der Waals surface area (Å²) < 4.78 is 4.62. The van der Waals surface area contributed by atoms with Gasteiger partial charge in [0, 0.05) is 10.0 Å². The van der Waals surface area contributed by atoms with Gasteiger partial charge in [0.05, 0.1) is 25.6 Å². The second kappa shape index (κ2) is 8.10.